The quantitative estimate of drug-likeness (QED) is 0.718. The van der Waals surface area contributed by atoms with Crippen molar-refractivity contribution in [2.24, 2.45) is 5.73 Å². The minimum atomic E-state index is -0.213. The number of carbonyl (C=O) groups is 1. The van der Waals surface area contributed by atoms with Gasteiger partial charge in [0.05, 0.1) is 12.6 Å². The molecule has 0 saturated heterocycles. The highest BCUT2D eigenvalue weighted by atomic mass is 16.3. The Bertz CT molecular complexity index is 564. The second kappa shape index (κ2) is 7.26. The largest absolute Gasteiger partial charge is 0.393 e. The molecule has 0 heterocycles. The summed E-state index contributed by atoms with van der Waals surface area (Å²) >= 11 is 0. The van der Waals surface area contributed by atoms with E-state index in [-0.39, 0.29) is 18.1 Å². The summed E-state index contributed by atoms with van der Waals surface area (Å²) in [4.78, 5) is 12.3. The van der Waals surface area contributed by atoms with Crippen LogP contribution in [0, 0.1) is 18.8 Å². The zero-order valence-corrected chi connectivity index (χ0v) is 12.4. The van der Waals surface area contributed by atoms with Crippen LogP contribution in [0.3, 0.4) is 0 Å². The van der Waals surface area contributed by atoms with Crippen molar-refractivity contribution in [2.45, 2.75) is 44.8 Å². The van der Waals surface area contributed by atoms with Gasteiger partial charge in [-0.25, -0.2) is 0 Å². The number of carbonyl (C=O) groups excluding carboxylic acids is 1. The van der Waals surface area contributed by atoms with Crippen LogP contribution in [-0.2, 0) is 0 Å². The SMILES string of the molecule is Cc1cc(C#CCN)cc(C(=O)NC2CCC(O)CC2)c1. The molecule has 1 aliphatic rings. The lowest BCUT2D eigenvalue weighted by Gasteiger charge is -2.26. The molecule has 0 aromatic heterocycles. The lowest BCUT2D eigenvalue weighted by molar-refractivity contribution is 0.0867. The molecule has 1 aromatic rings. The minimum absolute atomic E-state index is 0.0733. The summed E-state index contributed by atoms with van der Waals surface area (Å²) in [5, 5.41) is 12.5. The molecule has 0 radical (unpaired) electrons. The molecular formula is C17H22N2O2. The molecule has 21 heavy (non-hydrogen) atoms. The Kier molecular flexibility index (Phi) is 5.38. The molecule has 0 unspecified atom stereocenters. The first-order valence-electron chi connectivity index (χ1n) is 7.38. The summed E-state index contributed by atoms with van der Waals surface area (Å²) in [5.41, 5.74) is 7.81. The highest BCUT2D eigenvalue weighted by molar-refractivity contribution is 5.95. The van der Waals surface area contributed by atoms with Crippen LogP contribution in [-0.4, -0.2) is 29.7 Å². The summed E-state index contributed by atoms with van der Waals surface area (Å²) in [7, 11) is 0. The van der Waals surface area contributed by atoms with E-state index in [1.165, 1.54) is 0 Å². The van der Waals surface area contributed by atoms with Crippen molar-refractivity contribution in [3.63, 3.8) is 0 Å². The maximum atomic E-state index is 12.3. The number of nitrogens with two attached hydrogens (primary N) is 1. The predicted octanol–water partition coefficient (Wildman–Crippen LogP) is 1.34. The van der Waals surface area contributed by atoms with Gasteiger partial charge in [-0.15, -0.1) is 0 Å². The summed E-state index contributed by atoms with van der Waals surface area (Å²) in [6.45, 7) is 2.25. The number of aliphatic hydroxyl groups is 1. The Hall–Kier alpha value is -1.83. The fourth-order valence-electron chi connectivity index (χ4n) is 2.63. The van der Waals surface area contributed by atoms with Crippen molar-refractivity contribution < 1.29 is 9.90 Å². The predicted molar refractivity (Wildman–Crippen MR) is 82.8 cm³/mol. The Morgan fingerprint density at radius 1 is 1.33 bits per heavy atom. The van der Waals surface area contributed by atoms with Gasteiger partial charge >= 0.3 is 0 Å². The molecule has 4 heteroatoms. The number of aliphatic hydroxyl groups excluding tert-OH is 1. The van der Waals surface area contributed by atoms with E-state index in [1.807, 2.05) is 19.1 Å². The Morgan fingerprint density at radius 3 is 2.71 bits per heavy atom. The number of hydrogen-bond donors (Lipinski definition) is 3. The molecule has 1 saturated carbocycles. The van der Waals surface area contributed by atoms with E-state index in [4.69, 9.17) is 5.73 Å². The second-order valence-electron chi connectivity index (χ2n) is 5.57. The van der Waals surface area contributed by atoms with Crippen molar-refractivity contribution in [1.29, 1.82) is 0 Å². The second-order valence-corrected chi connectivity index (χ2v) is 5.57. The van der Waals surface area contributed by atoms with Crippen LogP contribution in [0.15, 0.2) is 18.2 Å². The average Bonchev–Trinajstić information content (AvgIpc) is 2.47. The van der Waals surface area contributed by atoms with Gasteiger partial charge in [0.15, 0.2) is 0 Å². The van der Waals surface area contributed by atoms with Crippen LogP contribution in [0.4, 0.5) is 0 Å². The van der Waals surface area contributed by atoms with E-state index in [2.05, 4.69) is 17.2 Å². The fourth-order valence-corrected chi connectivity index (χ4v) is 2.63. The number of benzene rings is 1. The molecular weight excluding hydrogens is 264 g/mol. The zero-order chi connectivity index (χ0) is 15.2. The minimum Gasteiger partial charge on any atom is -0.393 e. The van der Waals surface area contributed by atoms with Crippen LogP contribution in [0.5, 0.6) is 0 Å². The van der Waals surface area contributed by atoms with Crippen LogP contribution < -0.4 is 11.1 Å². The fraction of sp³-hybridized carbons (Fsp3) is 0.471. The van der Waals surface area contributed by atoms with Crippen molar-refractivity contribution in [3.8, 4) is 11.8 Å². The van der Waals surface area contributed by atoms with E-state index in [0.717, 1.165) is 36.8 Å². The van der Waals surface area contributed by atoms with Crippen LogP contribution >= 0.6 is 0 Å². The van der Waals surface area contributed by atoms with Gasteiger partial charge in [-0.05, 0) is 56.4 Å². The number of rotatable bonds is 2. The first-order chi connectivity index (χ1) is 10.1. The highest BCUT2D eigenvalue weighted by Gasteiger charge is 2.21. The van der Waals surface area contributed by atoms with Gasteiger partial charge in [0.1, 0.15) is 0 Å². The summed E-state index contributed by atoms with van der Waals surface area (Å²) in [6, 6.07) is 5.75. The van der Waals surface area contributed by atoms with Gasteiger partial charge in [0, 0.05) is 17.2 Å². The smallest absolute Gasteiger partial charge is 0.251 e. The van der Waals surface area contributed by atoms with Crippen molar-refractivity contribution in [2.75, 3.05) is 6.54 Å². The molecule has 1 fully saturated rings. The highest BCUT2D eigenvalue weighted by Crippen LogP contribution is 2.19. The molecule has 0 spiro atoms. The normalized spacial score (nSPS) is 21.3. The summed E-state index contributed by atoms with van der Waals surface area (Å²) in [5.74, 6) is 5.69. The van der Waals surface area contributed by atoms with E-state index in [0.29, 0.717) is 12.1 Å². The van der Waals surface area contributed by atoms with E-state index < -0.39 is 0 Å². The van der Waals surface area contributed by atoms with Crippen molar-refractivity contribution in [1.82, 2.24) is 5.32 Å². The molecule has 0 atom stereocenters. The topological polar surface area (TPSA) is 75.4 Å². The molecule has 4 N–H and O–H groups in total. The van der Waals surface area contributed by atoms with Gasteiger partial charge in [-0.3, -0.25) is 4.79 Å². The first kappa shape index (κ1) is 15.6. The number of hydrogen-bond acceptors (Lipinski definition) is 3. The molecule has 1 aromatic carbocycles. The van der Waals surface area contributed by atoms with Crippen LogP contribution in [0.2, 0.25) is 0 Å². The third-order valence-corrected chi connectivity index (χ3v) is 3.71. The lowest BCUT2D eigenvalue weighted by atomic mass is 9.93. The van der Waals surface area contributed by atoms with Gasteiger partial charge in [-0.1, -0.05) is 11.8 Å². The van der Waals surface area contributed by atoms with Gasteiger partial charge in [0.2, 0.25) is 0 Å². The third-order valence-electron chi connectivity index (χ3n) is 3.71. The molecule has 2 rings (SSSR count). The van der Waals surface area contributed by atoms with E-state index >= 15 is 0 Å². The maximum Gasteiger partial charge on any atom is 0.251 e. The number of nitrogens with one attached hydrogen (secondary N) is 1. The average molecular weight is 286 g/mol. The lowest BCUT2D eigenvalue weighted by Crippen LogP contribution is -2.38. The number of aryl methyl sites for hydroxylation is 1. The first-order valence-corrected chi connectivity index (χ1v) is 7.38. The standard InChI is InChI=1S/C17H22N2O2/c1-12-9-13(3-2-8-18)11-14(10-12)17(21)19-15-4-6-16(20)7-5-15/h9-11,15-16,20H,4-8,18H2,1H3,(H,19,21). The Balaban J connectivity index is 2.06. The molecule has 1 aliphatic carbocycles. The van der Waals surface area contributed by atoms with Crippen molar-refractivity contribution >= 4 is 5.91 Å². The zero-order valence-electron chi connectivity index (χ0n) is 12.4. The Labute approximate surface area is 125 Å². The third kappa shape index (κ3) is 4.59. The molecule has 1 amide bonds. The van der Waals surface area contributed by atoms with Crippen molar-refractivity contribution in [3.05, 3.63) is 34.9 Å². The molecule has 0 aliphatic heterocycles. The molecule has 0 bridgehead atoms. The molecule has 4 nitrogen and oxygen atoms in total. The summed E-state index contributed by atoms with van der Waals surface area (Å²) < 4.78 is 0. The van der Waals surface area contributed by atoms with Gasteiger partial charge in [0.25, 0.3) is 5.91 Å². The van der Waals surface area contributed by atoms with Gasteiger partial charge in [-0.2, -0.15) is 0 Å². The number of amides is 1. The van der Waals surface area contributed by atoms with Crippen LogP contribution in [0.1, 0.15) is 47.2 Å². The molecule has 112 valence electrons. The monoisotopic (exact) mass is 286 g/mol. The van der Waals surface area contributed by atoms with E-state index in [9.17, 15) is 9.90 Å². The summed E-state index contributed by atoms with van der Waals surface area (Å²) in [6.07, 6.45) is 2.96. The van der Waals surface area contributed by atoms with Gasteiger partial charge < -0.3 is 16.2 Å². The maximum absolute atomic E-state index is 12.3. The van der Waals surface area contributed by atoms with E-state index in [1.54, 1.807) is 6.07 Å². The Morgan fingerprint density at radius 2 is 2.05 bits per heavy atom. The van der Waals surface area contributed by atoms with Crippen LogP contribution in [0.25, 0.3) is 0 Å².